The molecule has 174 valence electrons. The Balaban J connectivity index is 2.54. The molecular weight excluding hydrogens is 434 g/mol. The Morgan fingerprint density at radius 2 is 1.59 bits per heavy atom. The largest absolute Gasteiger partial charge is 0.469 e. The van der Waals surface area contributed by atoms with Crippen LogP contribution in [0.5, 0.6) is 5.75 Å². The maximum atomic E-state index is 13.1. The number of nitro groups is 1. The SMILES string of the molecule is CCN(CC)C(=O)C(Oc1ccc(S(=O)(=O)N(CC)CC)cc1[N+](=O)[O-])c1ccccc1. The van der Waals surface area contributed by atoms with Gasteiger partial charge >= 0.3 is 5.69 Å². The highest BCUT2D eigenvalue weighted by Gasteiger charge is 2.31. The molecule has 2 aromatic carbocycles. The Kier molecular flexibility index (Phi) is 8.73. The first kappa shape index (κ1) is 25.3. The minimum atomic E-state index is -3.89. The van der Waals surface area contributed by atoms with Crippen LogP contribution in [0.3, 0.4) is 0 Å². The lowest BCUT2D eigenvalue weighted by molar-refractivity contribution is -0.386. The Morgan fingerprint density at radius 1 is 1.00 bits per heavy atom. The van der Waals surface area contributed by atoms with Crippen molar-refractivity contribution < 1.29 is 22.9 Å². The van der Waals surface area contributed by atoms with Gasteiger partial charge in [-0.3, -0.25) is 14.9 Å². The molecule has 0 aliphatic rings. The number of carbonyl (C=O) groups is 1. The van der Waals surface area contributed by atoms with Crippen LogP contribution in [-0.2, 0) is 14.8 Å². The number of likely N-dealkylation sites (N-methyl/N-ethyl adjacent to an activating group) is 1. The average molecular weight is 464 g/mol. The lowest BCUT2D eigenvalue weighted by atomic mass is 10.1. The van der Waals surface area contributed by atoms with Crippen LogP contribution in [0.1, 0.15) is 39.4 Å². The Labute approximate surface area is 188 Å². The van der Waals surface area contributed by atoms with Gasteiger partial charge in [-0.15, -0.1) is 0 Å². The van der Waals surface area contributed by atoms with E-state index >= 15 is 0 Å². The molecule has 0 radical (unpaired) electrons. The van der Waals surface area contributed by atoms with E-state index in [1.54, 1.807) is 49.1 Å². The minimum absolute atomic E-state index is 0.178. The lowest BCUT2D eigenvalue weighted by Gasteiger charge is -2.26. The molecule has 0 saturated carbocycles. The summed E-state index contributed by atoms with van der Waals surface area (Å²) in [6, 6.07) is 12.2. The molecule has 0 aromatic heterocycles. The molecule has 2 aromatic rings. The van der Waals surface area contributed by atoms with Gasteiger partial charge < -0.3 is 9.64 Å². The fourth-order valence-corrected chi connectivity index (χ4v) is 4.81. The molecule has 1 amide bonds. The Morgan fingerprint density at radius 3 is 2.09 bits per heavy atom. The topological polar surface area (TPSA) is 110 Å². The van der Waals surface area contributed by atoms with Crippen molar-refractivity contribution in [1.82, 2.24) is 9.21 Å². The molecule has 2 rings (SSSR count). The van der Waals surface area contributed by atoms with E-state index in [4.69, 9.17) is 4.74 Å². The molecular formula is C22H29N3O6S. The van der Waals surface area contributed by atoms with Crippen LogP contribution in [0.15, 0.2) is 53.4 Å². The highest BCUT2D eigenvalue weighted by Crippen LogP contribution is 2.34. The van der Waals surface area contributed by atoms with Crippen LogP contribution in [0, 0.1) is 10.1 Å². The smallest absolute Gasteiger partial charge is 0.312 e. The maximum absolute atomic E-state index is 13.1. The Bertz CT molecular complexity index is 1030. The van der Waals surface area contributed by atoms with Gasteiger partial charge in [0.2, 0.25) is 16.1 Å². The van der Waals surface area contributed by atoms with Crippen LogP contribution in [-0.4, -0.2) is 54.6 Å². The number of rotatable bonds is 11. The number of carbonyl (C=O) groups excluding carboxylic acids is 1. The number of hydrogen-bond donors (Lipinski definition) is 0. The number of benzene rings is 2. The van der Waals surface area contributed by atoms with Gasteiger partial charge in [0.1, 0.15) is 0 Å². The zero-order valence-electron chi connectivity index (χ0n) is 18.7. The van der Waals surface area contributed by atoms with Crippen LogP contribution in [0.4, 0.5) is 5.69 Å². The van der Waals surface area contributed by atoms with Gasteiger partial charge in [0.15, 0.2) is 5.75 Å². The van der Waals surface area contributed by atoms with Crippen LogP contribution in [0.2, 0.25) is 0 Å². The first-order chi connectivity index (χ1) is 15.2. The van der Waals surface area contributed by atoms with E-state index in [1.807, 2.05) is 13.8 Å². The number of sulfonamides is 1. The summed E-state index contributed by atoms with van der Waals surface area (Å²) in [7, 11) is -3.89. The quantitative estimate of drug-likeness (QED) is 0.372. The molecule has 0 fully saturated rings. The standard InChI is InChI=1S/C22H29N3O6S/c1-5-23(6-2)22(26)21(17-12-10-9-11-13-17)31-20-15-14-18(16-19(20)25(27)28)32(29,30)24(7-3)8-4/h9-16,21H,5-8H2,1-4H3. The number of amides is 1. The monoisotopic (exact) mass is 463 g/mol. The van der Waals surface area contributed by atoms with Gasteiger partial charge in [0, 0.05) is 37.8 Å². The second-order valence-electron chi connectivity index (χ2n) is 6.90. The van der Waals surface area contributed by atoms with Crippen molar-refractivity contribution in [3.63, 3.8) is 0 Å². The summed E-state index contributed by atoms with van der Waals surface area (Å²) in [6.45, 7) is 8.42. The van der Waals surface area contributed by atoms with Gasteiger partial charge in [-0.25, -0.2) is 8.42 Å². The summed E-state index contributed by atoms with van der Waals surface area (Å²) in [5.41, 5.74) is 0.0186. The molecule has 1 atom stereocenters. The van der Waals surface area contributed by atoms with E-state index in [-0.39, 0.29) is 29.6 Å². The fraction of sp³-hybridized carbons (Fsp3) is 0.409. The highest BCUT2D eigenvalue weighted by atomic mass is 32.2. The summed E-state index contributed by atoms with van der Waals surface area (Å²) in [5, 5.41) is 11.8. The van der Waals surface area contributed by atoms with Crippen molar-refractivity contribution in [2.45, 2.75) is 38.7 Å². The van der Waals surface area contributed by atoms with Gasteiger partial charge in [0.05, 0.1) is 9.82 Å². The molecule has 0 N–H and O–H groups in total. The van der Waals surface area contributed by atoms with Crippen LogP contribution < -0.4 is 4.74 Å². The van der Waals surface area contributed by atoms with Crippen molar-refractivity contribution in [2.24, 2.45) is 0 Å². The molecule has 32 heavy (non-hydrogen) atoms. The molecule has 0 spiro atoms. The van der Waals surface area contributed by atoms with Crippen molar-refractivity contribution in [3.05, 3.63) is 64.2 Å². The second kappa shape index (κ2) is 11.1. The molecule has 9 nitrogen and oxygen atoms in total. The predicted molar refractivity (Wildman–Crippen MR) is 121 cm³/mol. The van der Waals surface area contributed by atoms with E-state index in [1.165, 1.54) is 16.4 Å². The van der Waals surface area contributed by atoms with Gasteiger partial charge in [0.25, 0.3) is 5.91 Å². The number of hydrogen-bond acceptors (Lipinski definition) is 6. The van der Waals surface area contributed by atoms with E-state index in [0.717, 1.165) is 6.07 Å². The third-order valence-corrected chi connectivity index (χ3v) is 7.16. The van der Waals surface area contributed by atoms with Gasteiger partial charge in [-0.05, 0) is 26.0 Å². The fourth-order valence-electron chi connectivity index (χ4n) is 3.33. The lowest BCUT2D eigenvalue weighted by Crippen LogP contribution is -2.37. The first-order valence-electron chi connectivity index (χ1n) is 10.5. The van der Waals surface area contributed by atoms with Crippen LogP contribution >= 0.6 is 0 Å². The molecule has 0 aliphatic carbocycles. The maximum Gasteiger partial charge on any atom is 0.312 e. The normalized spacial score (nSPS) is 12.4. The molecule has 0 aliphatic heterocycles. The zero-order chi connectivity index (χ0) is 23.9. The summed E-state index contributed by atoms with van der Waals surface area (Å²) < 4.78 is 32.7. The summed E-state index contributed by atoms with van der Waals surface area (Å²) in [4.78, 5) is 25.5. The van der Waals surface area contributed by atoms with Crippen molar-refractivity contribution >= 4 is 21.6 Å². The molecule has 0 heterocycles. The van der Waals surface area contributed by atoms with E-state index in [9.17, 15) is 23.3 Å². The summed E-state index contributed by atoms with van der Waals surface area (Å²) >= 11 is 0. The molecule has 1 unspecified atom stereocenters. The van der Waals surface area contributed by atoms with Crippen LogP contribution in [0.25, 0.3) is 0 Å². The molecule has 10 heteroatoms. The number of nitro benzene ring substituents is 1. The molecule has 0 saturated heterocycles. The average Bonchev–Trinajstić information content (AvgIpc) is 2.79. The highest BCUT2D eigenvalue weighted by molar-refractivity contribution is 7.89. The van der Waals surface area contributed by atoms with E-state index in [0.29, 0.717) is 18.7 Å². The minimum Gasteiger partial charge on any atom is -0.469 e. The number of ether oxygens (including phenoxy) is 1. The van der Waals surface area contributed by atoms with Crippen molar-refractivity contribution in [1.29, 1.82) is 0 Å². The van der Waals surface area contributed by atoms with Gasteiger partial charge in [-0.1, -0.05) is 44.2 Å². The predicted octanol–water partition coefficient (Wildman–Crippen LogP) is 3.61. The third kappa shape index (κ3) is 5.43. The molecule has 0 bridgehead atoms. The summed E-state index contributed by atoms with van der Waals surface area (Å²) in [6.07, 6.45) is -1.11. The van der Waals surface area contributed by atoms with E-state index < -0.39 is 26.7 Å². The summed E-state index contributed by atoms with van der Waals surface area (Å²) in [5.74, 6) is -0.516. The number of nitrogens with zero attached hydrogens (tertiary/aromatic N) is 3. The first-order valence-corrected chi connectivity index (χ1v) is 11.9. The van der Waals surface area contributed by atoms with Crippen molar-refractivity contribution in [3.8, 4) is 5.75 Å². The zero-order valence-corrected chi connectivity index (χ0v) is 19.5. The third-order valence-electron chi connectivity index (χ3n) is 5.12. The van der Waals surface area contributed by atoms with E-state index in [2.05, 4.69) is 0 Å². The van der Waals surface area contributed by atoms with Crippen molar-refractivity contribution in [2.75, 3.05) is 26.2 Å². The Hall–Kier alpha value is -2.98. The second-order valence-corrected chi connectivity index (χ2v) is 8.83. The van der Waals surface area contributed by atoms with Gasteiger partial charge in [-0.2, -0.15) is 4.31 Å².